The van der Waals surface area contributed by atoms with Crippen LogP contribution >= 0.6 is 0 Å². The van der Waals surface area contributed by atoms with E-state index in [1.165, 1.54) is 0 Å². The molecule has 1 aliphatic rings. The average Bonchev–Trinajstić information content (AvgIpc) is 2.40. The minimum absolute atomic E-state index is 0.0734. The Labute approximate surface area is 127 Å². The van der Waals surface area contributed by atoms with Crippen molar-refractivity contribution < 1.29 is 13.5 Å². The number of nitrogens with zero attached hydrogens (tertiary/aromatic N) is 2. The summed E-state index contributed by atoms with van der Waals surface area (Å²) in [5.41, 5.74) is 1.84. The molecular weight excluding hydrogens is 288 g/mol. The molecule has 0 aliphatic carbocycles. The zero-order valence-electron chi connectivity index (χ0n) is 12.9. The summed E-state index contributed by atoms with van der Waals surface area (Å²) in [6.45, 7) is 5.49. The zero-order valence-corrected chi connectivity index (χ0v) is 13.7. The molecular formula is C15H24N2O3S. The van der Waals surface area contributed by atoms with Crippen molar-refractivity contribution in [1.82, 2.24) is 9.21 Å². The molecule has 0 radical (unpaired) electrons. The molecule has 0 saturated carbocycles. The van der Waals surface area contributed by atoms with Crippen molar-refractivity contribution in [3.63, 3.8) is 0 Å². The first kappa shape index (κ1) is 16.4. The van der Waals surface area contributed by atoms with Crippen LogP contribution in [0.4, 0.5) is 0 Å². The molecule has 6 heteroatoms. The summed E-state index contributed by atoms with van der Waals surface area (Å²) >= 11 is 0. The molecule has 0 spiro atoms. The molecule has 1 atom stereocenters. The number of hydrogen-bond acceptors (Lipinski definition) is 4. The quantitative estimate of drug-likeness (QED) is 0.901. The van der Waals surface area contributed by atoms with Crippen LogP contribution in [0.5, 0.6) is 0 Å². The van der Waals surface area contributed by atoms with Crippen molar-refractivity contribution in [1.29, 1.82) is 0 Å². The van der Waals surface area contributed by atoms with E-state index >= 15 is 0 Å². The van der Waals surface area contributed by atoms with Gasteiger partial charge in [0.25, 0.3) is 0 Å². The van der Waals surface area contributed by atoms with Gasteiger partial charge in [-0.1, -0.05) is 17.7 Å². The first-order valence-electron chi connectivity index (χ1n) is 7.24. The average molecular weight is 312 g/mol. The predicted molar refractivity (Wildman–Crippen MR) is 82.8 cm³/mol. The van der Waals surface area contributed by atoms with E-state index < -0.39 is 10.0 Å². The minimum atomic E-state index is -3.46. The fourth-order valence-electron chi connectivity index (χ4n) is 2.82. The molecule has 1 unspecified atom stereocenters. The van der Waals surface area contributed by atoms with Gasteiger partial charge in [0, 0.05) is 32.3 Å². The van der Waals surface area contributed by atoms with Crippen LogP contribution in [0.2, 0.25) is 0 Å². The summed E-state index contributed by atoms with van der Waals surface area (Å²) in [6.07, 6.45) is 0.593. The lowest BCUT2D eigenvalue weighted by Gasteiger charge is -2.38. The highest BCUT2D eigenvalue weighted by atomic mass is 32.2. The Kier molecular flexibility index (Phi) is 5.03. The molecule has 1 heterocycles. The number of hydrogen-bond donors (Lipinski definition) is 1. The Bertz CT molecular complexity index is 601. The number of rotatable bonds is 4. The molecule has 0 amide bonds. The Morgan fingerprint density at radius 2 is 2.00 bits per heavy atom. The summed E-state index contributed by atoms with van der Waals surface area (Å²) in [4.78, 5) is 2.50. The Balaban J connectivity index is 2.27. The smallest absolute Gasteiger partial charge is 0.243 e. The van der Waals surface area contributed by atoms with Gasteiger partial charge in [-0.15, -0.1) is 0 Å². The standard InChI is InChI=1S/C15H24N2O3S/c1-12-4-5-15(13(2)10-12)21(19,20)17-8-7-16(3)14(11-17)6-9-18/h4-5,10,14,18H,6-9,11H2,1-3H3. The maximum atomic E-state index is 12.8. The maximum absolute atomic E-state index is 12.8. The van der Waals surface area contributed by atoms with Gasteiger partial charge in [-0.25, -0.2) is 8.42 Å². The third-order valence-corrected chi connectivity index (χ3v) is 6.18. The third kappa shape index (κ3) is 3.45. The van der Waals surface area contributed by atoms with Crippen LogP contribution in [0.3, 0.4) is 0 Å². The monoisotopic (exact) mass is 312 g/mol. The van der Waals surface area contributed by atoms with Gasteiger partial charge in [-0.3, -0.25) is 0 Å². The highest BCUT2D eigenvalue weighted by molar-refractivity contribution is 7.89. The maximum Gasteiger partial charge on any atom is 0.243 e. The van der Waals surface area contributed by atoms with Crippen molar-refractivity contribution in [2.24, 2.45) is 0 Å². The van der Waals surface area contributed by atoms with E-state index in [0.717, 1.165) is 11.1 Å². The molecule has 2 rings (SSSR count). The first-order valence-corrected chi connectivity index (χ1v) is 8.68. The number of piperazine rings is 1. The van der Waals surface area contributed by atoms with Gasteiger partial charge in [-0.05, 0) is 38.9 Å². The van der Waals surface area contributed by atoms with Gasteiger partial charge in [-0.2, -0.15) is 4.31 Å². The molecule has 1 aromatic rings. The van der Waals surface area contributed by atoms with Crippen LogP contribution in [0.25, 0.3) is 0 Å². The van der Waals surface area contributed by atoms with Gasteiger partial charge >= 0.3 is 0 Å². The fourth-order valence-corrected chi connectivity index (χ4v) is 4.50. The summed E-state index contributed by atoms with van der Waals surface area (Å²) in [7, 11) is -1.49. The normalized spacial score (nSPS) is 21.6. The molecule has 0 bridgehead atoms. The lowest BCUT2D eigenvalue weighted by atomic mass is 10.1. The van der Waals surface area contributed by atoms with E-state index in [0.29, 0.717) is 31.0 Å². The van der Waals surface area contributed by atoms with Gasteiger partial charge in [0.1, 0.15) is 0 Å². The van der Waals surface area contributed by atoms with Gasteiger partial charge in [0.2, 0.25) is 10.0 Å². The number of aliphatic hydroxyl groups is 1. The first-order chi connectivity index (χ1) is 9.86. The number of aryl methyl sites for hydroxylation is 2. The molecule has 118 valence electrons. The Hall–Kier alpha value is -0.950. The largest absolute Gasteiger partial charge is 0.396 e. The van der Waals surface area contributed by atoms with E-state index in [-0.39, 0.29) is 12.6 Å². The van der Waals surface area contributed by atoms with Crippen molar-refractivity contribution in [3.8, 4) is 0 Å². The highest BCUT2D eigenvalue weighted by Crippen LogP contribution is 2.23. The molecule has 1 aromatic carbocycles. The molecule has 1 fully saturated rings. The zero-order chi connectivity index (χ0) is 15.6. The van der Waals surface area contributed by atoms with Crippen LogP contribution in [0, 0.1) is 13.8 Å². The number of benzene rings is 1. The molecule has 5 nitrogen and oxygen atoms in total. The lowest BCUT2D eigenvalue weighted by Crippen LogP contribution is -2.53. The van der Waals surface area contributed by atoms with Gasteiger partial charge in [0.15, 0.2) is 0 Å². The van der Waals surface area contributed by atoms with Crippen LogP contribution in [-0.2, 0) is 10.0 Å². The second-order valence-corrected chi connectivity index (χ2v) is 7.69. The molecule has 1 N–H and O–H groups in total. The summed E-state index contributed by atoms with van der Waals surface area (Å²) < 4.78 is 27.2. The number of sulfonamides is 1. The van der Waals surface area contributed by atoms with Crippen LogP contribution < -0.4 is 0 Å². The van der Waals surface area contributed by atoms with E-state index in [4.69, 9.17) is 5.11 Å². The third-order valence-electron chi connectivity index (χ3n) is 4.15. The number of likely N-dealkylation sites (N-methyl/N-ethyl adjacent to an activating group) is 1. The van der Waals surface area contributed by atoms with E-state index in [9.17, 15) is 8.42 Å². The molecule has 21 heavy (non-hydrogen) atoms. The second kappa shape index (κ2) is 6.44. The Morgan fingerprint density at radius 3 is 2.62 bits per heavy atom. The fraction of sp³-hybridized carbons (Fsp3) is 0.600. The second-order valence-electron chi connectivity index (χ2n) is 5.78. The van der Waals surface area contributed by atoms with Gasteiger partial charge < -0.3 is 10.0 Å². The van der Waals surface area contributed by atoms with Crippen LogP contribution in [-0.4, -0.2) is 62.1 Å². The Morgan fingerprint density at radius 1 is 1.29 bits per heavy atom. The summed E-state index contributed by atoms with van der Waals surface area (Å²) in [6, 6.07) is 5.50. The topological polar surface area (TPSA) is 60.9 Å². The van der Waals surface area contributed by atoms with Crippen LogP contribution in [0.15, 0.2) is 23.1 Å². The van der Waals surface area contributed by atoms with Crippen molar-refractivity contribution in [2.45, 2.75) is 31.2 Å². The highest BCUT2D eigenvalue weighted by Gasteiger charge is 2.33. The van der Waals surface area contributed by atoms with Crippen molar-refractivity contribution >= 4 is 10.0 Å². The van der Waals surface area contributed by atoms with Gasteiger partial charge in [0.05, 0.1) is 4.90 Å². The lowest BCUT2D eigenvalue weighted by molar-refractivity contribution is 0.120. The van der Waals surface area contributed by atoms with Crippen molar-refractivity contribution in [3.05, 3.63) is 29.3 Å². The summed E-state index contributed by atoms with van der Waals surface area (Å²) in [5, 5.41) is 9.12. The van der Waals surface area contributed by atoms with E-state index in [1.54, 1.807) is 10.4 Å². The molecule has 1 saturated heterocycles. The predicted octanol–water partition coefficient (Wildman–Crippen LogP) is 0.991. The van der Waals surface area contributed by atoms with Crippen molar-refractivity contribution in [2.75, 3.05) is 33.3 Å². The summed E-state index contributed by atoms with van der Waals surface area (Å²) in [5.74, 6) is 0. The number of aliphatic hydroxyl groups excluding tert-OH is 1. The minimum Gasteiger partial charge on any atom is -0.396 e. The van der Waals surface area contributed by atoms with E-state index in [2.05, 4.69) is 4.90 Å². The molecule has 1 aliphatic heterocycles. The van der Waals surface area contributed by atoms with Crippen LogP contribution in [0.1, 0.15) is 17.5 Å². The van der Waals surface area contributed by atoms with E-state index in [1.807, 2.05) is 33.0 Å². The SMILES string of the molecule is Cc1ccc(S(=O)(=O)N2CCN(C)C(CCO)C2)c(C)c1. The molecule has 0 aromatic heterocycles.